The zero-order valence-corrected chi connectivity index (χ0v) is 9.20. The molecule has 0 aromatic carbocycles. The van der Waals surface area contributed by atoms with Gasteiger partial charge in [0.1, 0.15) is 13.1 Å². The molecule has 7 nitrogen and oxygen atoms in total. The summed E-state index contributed by atoms with van der Waals surface area (Å²) in [6.07, 6.45) is 3.02. The van der Waals surface area contributed by atoms with Crippen molar-refractivity contribution in [1.82, 2.24) is 19.9 Å². The number of aliphatic carboxylic acids is 1. The van der Waals surface area contributed by atoms with Crippen molar-refractivity contribution in [2.75, 3.05) is 6.54 Å². The summed E-state index contributed by atoms with van der Waals surface area (Å²) in [6.45, 7) is 3.24. The minimum atomic E-state index is -1.03. The maximum absolute atomic E-state index is 11.8. The molecule has 0 unspecified atom stereocenters. The molecule has 1 amide bonds. The summed E-state index contributed by atoms with van der Waals surface area (Å²) in [4.78, 5) is 23.6. The van der Waals surface area contributed by atoms with E-state index in [0.717, 1.165) is 0 Å². The van der Waals surface area contributed by atoms with E-state index in [1.807, 2.05) is 0 Å². The summed E-state index contributed by atoms with van der Waals surface area (Å²) in [5.41, 5.74) is 0. The number of carbonyl (C=O) groups excluding carboxylic acids is 1. The van der Waals surface area contributed by atoms with Crippen molar-refractivity contribution in [1.29, 1.82) is 0 Å². The SMILES string of the molecule is CC(C)N(CC(=O)O)C(=O)Cn1ccnn1. The van der Waals surface area contributed by atoms with Gasteiger partial charge < -0.3 is 10.0 Å². The number of aromatic nitrogens is 3. The summed E-state index contributed by atoms with van der Waals surface area (Å²) in [6, 6.07) is -0.160. The van der Waals surface area contributed by atoms with Crippen LogP contribution in [0.25, 0.3) is 0 Å². The highest BCUT2D eigenvalue weighted by Crippen LogP contribution is 2.00. The van der Waals surface area contributed by atoms with Gasteiger partial charge in [-0.15, -0.1) is 5.10 Å². The monoisotopic (exact) mass is 226 g/mol. The highest BCUT2D eigenvalue weighted by Gasteiger charge is 2.19. The molecule has 0 atom stereocenters. The van der Waals surface area contributed by atoms with Gasteiger partial charge in [0.05, 0.1) is 6.20 Å². The molecule has 0 fully saturated rings. The smallest absolute Gasteiger partial charge is 0.323 e. The Bertz CT molecular complexity index is 361. The van der Waals surface area contributed by atoms with Crippen LogP contribution < -0.4 is 0 Å². The van der Waals surface area contributed by atoms with Crippen molar-refractivity contribution in [3.05, 3.63) is 12.4 Å². The minimum Gasteiger partial charge on any atom is -0.480 e. The molecule has 0 spiro atoms. The Kier molecular flexibility index (Phi) is 3.98. The van der Waals surface area contributed by atoms with Gasteiger partial charge in [0.15, 0.2) is 0 Å². The molecule has 1 N–H and O–H groups in total. The zero-order valence-electron chi connectivity index (χ0n) is 9.20. The molecule has 7 heteroatoms. The molecule has 0 saturated carbocycles. The molecule has 1 heterocycles. The number of hydrogen-bond donors (Lipinski definition) is 1. The molecule has 88 valence electrons. The molecule has 1 aromatic heterocycles. The third-order valence-corrected chi connectivity index (χ3v) is 2.02. The number of amides is 1. The van der Waals surface area contributed by atoms with E-state index < -0.39 is 5.97 Å². The highest BCUT2D eigenvalue weighted by atomic mass is 16.4. The van der Waals surface area contributed by atoms with E-state index >= 15 is 0 Å². The summed E-state index contributed by atoms with van der Waals surface area (Å²) < 4.78 is 1.36. The van der Waals surface area contributed by atoms with Crippen molar-refractivity contribution in [2.24, 2.45) is 0 Å². The second-order valence-electron chi connectivity index (χ2n) is 3.61. The summed E-state index contributed by atoms with van der Waals surface area (Å²) >= 11 is 0. The summed E-state index contributed by atoms with van der Waals surface area (Å²) in [7, 11) is 0. The van der Waals surface area contributed by atoms with Crippen LogP contribution in [0, 0.1) is 0 Å². The van der Waals surface area contributed by atoms with Crippen molar-refractivity contribution < 1.29 is 14.7 Å². The van der Waals surface area contributed by atoms with E-state index in [-0.39, 0.29) is 25.0 Å². The van der Waals surface area contributed by atoms with Gasteiger partial charge in [-0.1, -0.05) is 5.21 Å². The van der Waals surface area contributed by atoms with Gasteiger partial charge in [0.25, 0.3) is 0 Å². The van der Waals surface area contributed by atoms with Crippen molar-refractivity contribution in [3.8, 4) is 0 Å². The predicted octanol–water partition coefficient (Wildman–Crippen LogP) is -0.400. The Balaban J connectivity index is 2.64. The van der Waals surface area contributed by atoms with Crippen LogP contribution in [0.15, 0.2) is 12.4 Å². The lowest BCUT2D eigenvalue weighted by Crippen LogP contribution is -2.42. The first-order chi connectivity index (χ1) is 7.50. The van der Waals surface area contributed by atoms with Gasteiger partial charge in [0.2, 0.25) is 5.91 Å². The number of carbonyl (C=O) groups is 2. The number of rotatable bonds is 5. The van der Waals surface area contributed by atoms with E-state index in [4.69, 9.17) is 5.11 Å². The molecule has 0 aliphatic rings. The van der Waals surface area contributed by atoms with Gasteiger partial charge in [-0.05, 0) is 13.8 Å². The van der Waals surface area contributed by atoms with Crippen molar-refractivity contribution in [2.45, 2.75) is 26.4 Å². The Labute approximate surface area is 92.7 Å². The van der Waals surface area contributed by atoms with Gasteiger partial charge in [0, 0.05) is 12.2 Å². The first kappa shape index (κ1) is 12.2. The number of carboxylic acid groups (broad SMARTS) is 1. The van der Waals surface area contributed by atoms with Crippen LogP contribution in [0.4, 0.5) is 0 Å². The predicted molar refractivity (Wildman–Crippen MR) is 54.5 cm³/mol. The zero-order chi connectivity index (χ0) is 12.1. The summed E-state index contributed by atoms with van der Waals surface area (Å²) in [5, 5.41) is 15.9. The van der Waals surface area contributed by atoms with Crippen LogP contribution in [0.1, 0.15) is 13.8 Å². The summed E-state index contributed by atoms with van der Waals surface area (Å²) in [5.74, 6) is -1.32. The largest absolute Gasteiger partial charge is 0.480 e. The normalized spacial score (nSPS) is 10.4. The third kappa shape index (κ3) is 3.34. The highest BCUT2D eigenvalue weighted by molar-refractivity contribution is 5.81. The van der Waals surface area contributed by atoms with Gasteiger partial charge in [-0.25, -0.2) is 4.68 Å². The molecule has 16 heavy (non-hydrogen) atoms. The minimum absolute atomic E-state index is 0.00542. The fourth-order valence-electron chi connectivity index (χ4n) is 1.25. The van der Waals surface area contributed by atoms with E-state index in [1.165, 1.54) is 15.8 Å². The number of nitrogens with zero attached hydrogens (tertiary/aromatic N) is 4. The van der Waals surface area contributed by atoms with Gasteiger partial charge in [-0.2, -0.15) is 0 Å². The third-order valence-electron chi connectivity index (χ3n) is 2.02. The van der Waals surface area contributed by atoms with Crippen LogP contribution >= 0.6 is 0 Å². The Morgan fingerprint density at radius 2 is 2.19 bits per heavy atom. The Morgan fingerprint density at radius 1 is 1.50 bits per heavy atom. The van der Waals surface area contributed by atoms with Crippen LogP contribution in [-0.2, 0) is 16.1 Å². The molecule has 0 aliphatic carbocycles. The molecular formula is C9H14N4O3. The molecule has 0 radical (unpaired) electrons. The van der Waals surface area contributed by atoms with Crippen molar-refractivity contribution >= 4 is 11.9 Å². The van der Waals surface area contributed by atoms with Crippen LogP contribution in [0.5, 0.6) is 0 Å². The van der Waals surface area contributed by atoms with Gasteiger partial charge >= 0.3 is 5.97 Å². The van der Waals surface area contributed by atoms with Gasteiger partial charge in [-0.3, -0.25) is 9.59 Å². The van der Waals surface area contributed by atoms with Crippen LogP contribution in [0.2, 0.25) is 0 Å². The standard InChI is InChI=1S/C9H14N4O3/c1-7(2)13(6-9(15)16)8(14)5-12-4-3-10-11-12/h3-4,7H,5-6H2,1-2H3,(H,15,16). The molecule has 0 saturated heterocycles. The van der Waals surface area contributed by atoms with E-state index in [0.29, 0.717) is 0 Å². The molecule has 0 aliphatic heterocycles. The number of hydrogen-bond acceptors (Lipinski definition) is 4. The second-order valence-corrected chi connectivity index (χ2v) is 3.61. The van der Waals surface area contributed by atoms with E-state index in [1.54, 1.807) is 20.0 Å². The average Bonchev–Trinajstić information content (AvgIpc) is 2.65. The first-order valence-electron chi connectivity index (χ1n) is 4.86. The van der Waals surface area contributed by atoms with E-state index in [2.05, 4.69) is 10.3 Å². The molecule has 1 rings (SSSR count). The quantitative estimate of drug-likeness (QED) is 0.738. The fraction of sp³-hybridized carbons (Fsp3) is 0.556. The van der Waals surface area contributed by atoms with E-state index in [9.17, 15) is 9.59 Å². The maximum atomic E-state index is 11.8. The second kappa shape index (κ2) is 5.24. The lowest BCUT2D eigenvalue weighted by atomic mass is 10.3. The lowest BCUT2D eigenvalue weighted by molar-refractivity contribution is -0.146. The van der Waals surface area contributed by atoms with Crippen LogP contribution in [0.3, 0.4) is 0 Å². The fourth-order valence-corrected chi connectivity index (χ4v) is 1.25. The van der Waals surface area contributed by atoms with Crippen LogP contribution in [-0.4, -0.2) is 49.5 Å². The topological polar surface area (TPSA) is 88.3 Å². The maximum Gasteiger partial charge on any atom is 0.323 e. The van der Waals surface area contributed by atoms with Crippen molar-refractivity contribution in [3.63, 3.8) is 0 Å². The first-order valence-corrected chi connectivity index (χ1v) is 4.86. The Hall–Kier alpha value is -1.92. The number of carboxylic acids is 1. The molecule has 1 aromatic rings. The molecular weight excluding hydrogens is 212 g/mol. The Morgan fingerprint density at radius 3 is 2.62 bits per heavy atom. The molecule has 0 bridgehead atoms. The average molecular weight is 226 g/mol. The lowest BCUT2D eigenvalue weighted by Gasteiger charge is -2.24.